The topological polar surface area (TPSA) is 55.4 Å². The Morgan fingerprint density at radius 2 is 1.73 bits per heavy atom. The van der Waals surface area contributed by atoms with E-state index in [2.05, 4.69) is 5.32 Å². The molecule has 4 heteroatoms. The lowest BCUT2D eigenvalue weighted by molar-refractivity contribution is -0.159. The molecule has 0 aliphatic heterocycles. The first-order valence-electron chi connectivity index (χ1n) is 7.74. The summed E-state index contributed by atoms with van der Waals surface area (Å²) < 4.78 is 5.39. The summed E-state index contributed by atoms with van der Waals surface area (Å²) in [5, 5.41) is 2.86. The van der Waals surface area contributed by atoms with Crippen LogP contribution >= 0.6 is 0 Å². The highest BCUT2D eigenvalue weighted by Gasteiger charge is 2.28. The van der Waals surface area contributed by atoms with Crippen molar-refractivity contribution in [1.29, 1.82) is 0 Å². The fourth-order valence-corrected chi connectivity index (χ4v) is 2.02. The Bertz CT molecular complexity index is 489. The Balaban J connectivity index is 2.55. The Morgan fingerprint density at radius 1 is 1.14 bits per heavy atom. The standard InChI is InChI=1S/C18H27NO3/c1-13(2)16(17(21)19-18(3,4)5)22-15(20)12-11-14-9-7-6-8-10-14/h6-10,13,16H,11-12H2,1-5H3,(H,19,21)/t16-/m1/s1. The van der Waals surface area contributed by atoms with E-state index in [9.17, 15) is 9.59 Å². The van der Waals surface area contributed by atoms with Crippen LogP contribution in [0.15, 0.2) is 30.3 Å². The lowest BCUT2D eigenvalue weighted by atomic mass is 10.0. The minimum atomic E-state index is -0.748. The zero-order valence-corrected chi connectivity index (χ0v) is 14.2. The summed E-state index contributed by atoms with van der Waals surface area (Å²) in [6.45, 7) is 9.45. The molecule has 1 N–H and O–H groups in total. The maximum atomic E-state index is 12.2. The fourth-order valence-electron chi connectivity index (χ4n) is 2.02. The molecule has 122 valence electrons. The highest BCUT2D eigenvalue weighted by atomic mass is 16.5. The predicted octanol–water partition coefficient (Wildman–Crippen LogP) is 3.10. The highest BCUT2D eigenvalue weighted by molar-refractivity contribution is 5.84. The quantitative estimate of drug-likeness (QED) is 0.822. The summed E-state index contributed by atoms with van der Waals surface area (Å²) in [6.07, 6.45) is 0.143. The number of amides is 1. The van der Waals surface area contributed by atoms with Crippen molar-refractivity contribution in [3.05, 3.63) is 35.9 Å². The minimum Gasteiger partial charge on any atom is -0.452 e. The highest BCUT2D eigenvalue weighted by Crippen LogP contribution is 2.12. The molecule has 0 aliphatic carbocycles. The first-order chi connectivity index (χ1) is 10.2. The second-order valence-electron chi connectivity index (χ2n) is 6.88. The maximum absolute atomic E-state index is 12.2. The summed E-state index contributed by atoms with van der Waals surface area (Å²) >= 11 is 0. The van der Waals surface area contributed by atoms with E-state index in [0.29, 0.717) is 6.42 Å². The van der Waals surface area contributed by atoms with Crippen molar-refractivity contribution in [3.63, 3.8) is 0 Å². The molecular formula is C18H27NO3. The molecule has 1 atom stereocenters. The number of carbonyl (C=O) groups excluding carboxylic acids is 2. The van der Waals surface area contributed by atoms with Crippen molar-refractivity contribution in [2.24, 2.45) is 5.92 Å². The van der Waals surface area contributed by atoms with Gasteiger partial charge in [-0.2, -0.15) is 0 Å². The number of rotatable bonds is 6. The van der Waals surface area contributed by atoms with E-state index in [1.807, 2.05) is 65.0 Å². The molecule has 0 fully saturated rings. The van der Waals surface area contributed by atoms with Gasteiger partial charge < -0.3 is 10.1 Å². The number of benzene rings is 1. The van der Waals surface area contributed by atoms with Crippen molar-refractivity contribution < 1.29 is 14.3 Å². The molecule has 1 aromatic carbocycles. The third-order valence-electron chi connectivity index (χ3n) is 3.08. The van der Waals surface area contributed by atoms with Gasteiger partial charge in [-0.15, -0.1) is 0 Å². The number of aryl methyl sites for hydroxylation is 1. The monoisotopic (exact) mass is 305 g/mol. The zero-order chi connectivity index (χ0) is 16.8. The number of esters is 1. The number of hydrogen-bond donors (Lipinski definition) is 1. The van der Waals surface area contributed by atoms with E-state index >= 15 is 0 Å². The summed E-state index contributed by atoms with van der Waals surface area (Å²) in [5.74, 6) is -0.648. The molecule has 1 rings (SSSR count). The van der Waals surface area contributed by atoms with E-state index in [-0.39, 0.29) is 29.8 Å². The summed E-state index contributed by atoms with van der Waals surface area (Å²) in [4.78, 5) is 24.2. The average molecular weight is 305 g/mol. The zero-order valence-electron chi connectivity index (χ0n) is 14.2. The molecule has 0 bridgehead atoms. The van der Waals surface area contributed by atoms with Gasteiger partial charge in [0, 0.05) is 12.0 Å². The number of carbonyl (C=O) groups is 2. The van der Waals surface area contributed by atoms with Crippen LogP contribution < -0.4 is 5.32 Å². The van der Waals surface area contributed by atoms with Gasteiger partial charge in [0.15, 0.2) is 6.10 Å². The van der Waals surface area contributed by atoms with Gasteiger partial charge >= 0.3 is 5.97 Å². The molecule has 0 unspecified atom stereocenters. The molecule has 0 aliphatic rings. The van der Waals surface area contributed by atoms with Gasteiger partial charge in [0.25, 0.3) is 5.91 Å². The number of nitrogens with one attached hydrogen (secondary N) is 1. The predicted molar refractivity (Wildman–Crippen MR) is 87.4 cm³/mol. The van der Waals surface area contributed by atoms with Gasteiger partial charge in [-0.3, -0.25) is 9.59 Å². The molecule has 0 aromatic heterocycles. The smallest absolute Gasteiger partial charge is 0.306 e. The van der Waals surface area contributed by atoms with Crippen molar-refractivity contribution in [3.8, 4) is 0 Å². The lowest BCUT2D eigenvalue weighted by Gasteiger charge is -2.26. The Morgan fingerprint density at radius 3 is 2.23 bits per heavy atom. The molecule has 4 nitrogen and oxygen atoms in total. The Labute approximate surface area is 133 Å². The molecule has 1 amide bonds. The van der Waals surface area contributed by atoms with Crippen LogP contribution in [0.1, 0.15) is 46.6 Å². The van der Waals surface area contributed by atoms with E-state index in [1.165, 1.54) is 0 Å². The first kappa shape index (κ1) is 18.2. The van der Waals surface area contributed by atoms with Crippen LogP contribution in [0, 0.1) is 5.92 Å². The van der Waals surface area contributed by atoms with Crippen molar-refractivity contribution >= 4 is 11.9 Å². The fraction of sp³-hybridized carbons (Fsp3) is 0.556. The second-order valence-corrected chi connectivity index (χ2v) is 6.88. The maximum Gasteiger partial charge on any atom is 0.306 e. The lowest BCUT2D eigenvalue weighted by Crippen LogP contribution is -2.48. The van der Waals surface area contributed by atoms with E-state index < -0.39 is 6.10 Å². The third kappa shape index (κ3) is 6.74. The van der Waals surface area contributed by atoms with Crippen molar-refractivity contribution in [1.82, 2.24) is 5.32 Å². The summed E-state index contributed by atoms with van der Waals surface area (Å²) in [7, 11) is 0. The first-order valence-corrected chi connectivity index (χ1v) is 7.74. The van der Waals surface area contributed by atoms with Gasteiger partial charge in [0.05, 0.1) is 0 Å². The largest absolute Gasteiger partial charge is 0.452 e. The molecule has 0 radical (unpaired) electrons. The van der Waals surface area contributed by atoms with Crippen molar-refractivity contribution in [2.75, 3.05) is 0 Å². The van der Waals surface area contributed by atoms with E-state index in [1.54, 1.807) is 0 Å². The molecule has 0 saturated carbocycles. The van der Waals surface area contributed by atoms with Crippen LogP contribution in [0.25, 0.3) is 0 Å². The molecular weight excluding hydrogens is 278 g/mol. The third-order valence-corrected chi connectivity index (χ3v) is 3.08. The van der Waals surface area contributed by atoms with Crippen LogP contribution in [-0.4, -0.2) is 23.5 Å². The SMILES string of the molecule is CC(C)[C@@H](OC(=O)CCc1ccccc1)C(=O)NC(C)(C)C. The second kappa shape index (κ2) is 7.97. The van der Waals surface area contributed by atoms with Crippen LogP contribution in [-0.2, 0) is 20.7 Å². The molecule has 22 heavy (non-hydrogen) atoms. The Kier molecular flexibility index (Phi) is 6.60. The normalized spacial score (nSPS) is 12.8. The number of hydrogen-bond acceptors (Lipinski definition) is 3. The van der Waals surface area contributed by atoms with Gasteiger partial charge in [-0.25, -0.2) is 0 Å². The van der Waals surface area contributed by atoms with E-state index in [4.69, 9.17) is 4.74 Å². The molecule has 0 spiro atoms. The molecule has 0 heterocycles. The van der Waals surface area contributed by atoms with Crippen LogP contribution in [0.5, 0.6) is 0 Å². The average Bonchev–Trinajstić information content (AvgIpc) is 2.41. The van der Waals surface area contributed by atoms with Crippen LogP contribution in [0.2, 0.25) is 0 Å². The van der Waals surface area contributed by atoms with Gasteiger partial charge in [0.2, 0.25) is 0 Å². The molecule has 0 saturated heterocycles. The van der Waals surface area contributed by atoms with Gasteiger partial charge in [0.1, 0.15) is 0 Å². The summed E-state index contributed by atoms with van der Waals surface area (Å²) in [5.41, 5.74) is 0.736. The summed E-state index contributed by atoms with van der Waals surface area (Å²) in [6, 6.07) is 9.76. The number of ether oxygens (including phenoxy) is 1. The van der Waals surface area contributed by atoms with Crippen LogP contribution in [0.4, 0.5) is 0 Å². The van der Waals surface area contributed by atoms with Gasteiger partial charge in [-0.05, 0) is 38.7 Å². The van der Waals surface area contributed by atoms with Crippen LogP contribution in [0.3, 0.4) is 0 Å². The van der Waals surface area contributed by atoms with E-state index in [0.717, 1.165) is 5.56 Å². The minimum absolute atomic E-state index is 0.0666. The van der Waals surface area contributed by atoms with Gasteiger partial charge in [-0.1, -0.05) is 44.2 Å². The van der Waals surface area contributed by atoms with Crippen molar-refractivity contribution in [2.45, 2.75) is 59.1 Å². The Hall–Kier alpha value is -1.84. The molecule has 1 aromatic rings.